The minimum Gasteiger partial charge on any atom is -0.452 e. The molecule has 0 bridgehead atoms. The molecule has 1 aromatic carbocycles. The number of aryl methyl sites for hydroxylation is 1. The number of aromatic nitrogens is 1. The molecule has 2 rings (SSSR count). The van der Waals surface area contributed by atoms with Gasteiger partial charge in [-0.05, 0) is 18.6 Å². The molecule has 0 unspecified atom stereocenters. The van der Waals surface area contributed by atoms with Crippen LogP contribution in [0.1, 0.15) is 21.6 Å². The quantitative estimate of drug-likeness (QED) is 0.524. The number of hydrogen-bond donors (Lipinski definition) is 2. The number of thioether (sulfide) groups is 1. The number of thiazole rings is 1. The predicted molar refractivity (Wildman–Crippen MR) is 100 cm³/mol. The first-order valence-corrected chi connectivity index (χ1v) is 9.63. The smallest absolute Gasteiger partial charge is 0.338 e. The van der Waals surface area contributed by atoms with E-state index in [2.05, 4.69) is 15.6 Å². The first-order valence-electron chi connectivity index (χ1n) is 7.77. The third-order valence-corrected chi connectivity index (χ3v) is 5.43. The zero-order valence-electron chi connectivity index (χ0n) is 14.4. The molecule has 1 aromatic heterocycles. The molecule has 0 spiro atoms. The topological polar surface area (TPSA) is 97.4 Å². The summed E-state index contributed by atoms with van der Waals surface area (Å²) >= 11 is 3.10. The van der Waals surface area contributed by atoms with Gasteiger partial charge in [0.2, 0.25) is 5.91 Å². The molecule has 0 radical (unpaired) electrons. The molecule has 1 heterocycles. The van der Waals surface area contributed by atoms with E-state index >= 15 is 0 Å². The molecular formula is C17H19N3O4S2. The summed E-state index contributed by atoms with van der Waals surface area (Å²) in [5.74, 6) is -0.871. The lowest BCUT2D eigenvalue weighted by molar-refractivity contribution is -0.127. The van der Waals surface area contributed by atoms with Crippen molar-refractivity contribution in [2.24, 2.45) is 0 Å². The summed E-state index contributed by atoms with van der Waals surface area (Å²) in [6, 6.07) is 7.09. The monoisotopic (exact) mass is 393 g/mol. The Morgan fingerprint density at radius 3 is 2.69 bits per heavy atom. The van der Waals surface area contributed by atoms with E-state index in [1.54, 1.807) is 35.2 Å². The van der Waals surface area contributed by atoms with E-state index in [1.165, 1.54) is 7.05 Å². The van der Waals surface area contributed by atoms with Crippen LogP contribution in [0.5, 0.6) is 0 Å². The molecule has 2 aromatic rings. The number of likely N-dealkylation sites (N-methyl/N-ethyl adjacent to an activating group) is 1. The number of benzene rings is 1. The maximum absolute atomic E-state index is 12.3. The molecule has 0 atom stereocenters. The summed E-state index contributed by atoms with van der Waals surface area (Å²) in [7, 11) is 1.47. The minimum atomic E-state index is -0.577. The van der Waals surface area contributed by atoms with Gasteiger partial charge in [-0.15, -0.1) is 11.3 Å². The second-order valence-electron chi connectivity index (χ2n) is 5.23. The normalized spacial score (nSPS) is 10.2. The fourth-order valence-corrected chi connectivity index (χ4v) is 3.76. The first-order chi connectivity index (χ1) is 12.5. The number of hydrogen-bond acceptors (Lipinski definition) is 7. The Bertz CT molecular complexity index is 792. The Hall–Kier alpha value is -2.39. The van der Waals surface area contributed by atoms with Gasteiger partial charge in [0, 0.05) is 23.9 Å². The van der Waals surface area contributed by atoms with E-state index < -0.39 is 18.5 Å². The van der Waals surface area contributed by atoms with Crippen molar-refractivity contribution in [3.05, 3.63) is 46.5 Å². The predicted octanol–water partition coefficient (Wildman–Crippen LogP) is 1.76. The van der Waals surface area contributed by atoms with Gasteiger partial charge in [0.05, 0.1) is 12.1 Å². The number of carbonyl (C=O) groups excluding carboxylic acids is 3. The summed E-state index contributed by atoms with van der Waals surface area (Å²) in [4.78, 5) is 39.3. The van der Waals surface area contributed by atoms with Gasteiger partial charge in [-0.3, -0.25) is 9.59 Å². The fourth-order valence-electron chi connectivity index (χ4n) is 1.91. The van der Waals surface area contributed by atoms with Crippen LogP contribution < -0.4 is 10.6 Å². The zero-order valence-corrected chi connectivity index (χ0v) is 16.0. The Labute approximate surface area is 159 Å². The third-order valence-electron chi connectivity index (χ3n) is 3.25. The summed E-state index contributed by atoms with van der Waals surface area (Å²) in [5, 5.41) is 6.72. The van der Waals surface area contributed by atoms with Crippen molar-refractivity contribution < 1.29 is 19.1 Å². The van der Waals surface area contributed by atoms with Gasteiger partial charge >= 0.3 is 5.97 Å². The Morgan fingerprint density at radius 2 is 2.00 bits per heavy atom. The van der Waals surface area contributed by atoms with Crippen molar-refractivity contribution in [1.82, 2.24) is 15.6 Å². The van der Waals surface area contributed by atoms with E-state index in [4.69, 9.17) is 4.74 Å². The van der Waals surface area contributed by atoms with E-state index in [9.17, 15) is 14.4 Å². The van der Waals surface area contributed by atoms with Crippen LogP contribution in [0, 0.1) is 6.92 Å². The lowest BCUT2D eigenvalue weighted by Crippen LogP contribution is -2.37. The largest absolute Gasteiger partial charge is 0.452 e. The Kier molecular flexibility index (Phi) is 7.61. The standard InChI is InChI=1S/C17H19N3O4S2/c1-11-9-25-17(20-11)26-10-12-5-3-4-6-13(12)16(23)24-8-15(22)19-7-14(21)18-2/h3-6,9H,7-8,10H2,1-2H3,(H,18,21)(H,19,22). The van der Waals surface area contributed by atoms with Crippen molar-refractivity contribution in [3.8, 4) is 0 Å². The lowest BCUT2D eigenvalue weighted by Gasteiger charge is -2.09. The molecule has 138 valence electrons. The van der Waals surface area contributed by atoms with Crippen LogP contribution >= 0.6 is 23.1 Å². The molecule has 26 heavy (non-hydrogen) atoms. The average Bonchev–Trinajstić information content (AvgIpc) is 3.07. The number of esters is 1. The highest BCUT2D eigenvalue weighted by Gasteiger charge is 2.15. The summed E-state index contributed by atoms with van der Waals surface area (Å²) in [5.41, 5.74) is 2.18. The summed E-state index contributed by atoms with van der Waals surface area (Å²) < 4.78 is 5.98. The molecule has 0 aliphatic heterocycles. The number of carbonyl (C=O) groups is 3. The molecule has 0 saturated carbocycles. The maximum atomic E-state index is 12.3. The lowest BCUT2D eigenvalue weighted by atomic mass is 10.1. The van der Waals surface area contributed by atoms with Gasteiger partial charge in [-0.1, -0.05) is 30.0 Å². The van der Waals surface area contributed by atoms with E-state index in [0.717, 1.165) is 15.6 Å². The molecule has 7 nitrogen and oxygen atoms in total. The van der Waals surface area contributed by atoms with Crippen LogP contribution in [0.4, 0.5) is 0 Å². The minimum absolute atomic E-state index is 0.159. The second kappa shape index (κ2) is 9.93. The molecule has 2 amide bonds. The highest BCUT2D eigenvalue weighted by atomic mass is 32.2. The van der Waals surface area contributed by atoms with E-state index in [0.29, 0.717) is 11.3 Å². The number of ether oxygens (including phenoxy) is 1. The van der Waals surface area contributed by atoms with Crippen molar-refractivity contribution in [2.75, 3.05) is 20.2 Å². The second-order valence-corrected chi connectivity index (χ2v) is 7.31. The van der Waals surface area contributed by atoms with Crippen molar-refractivity contribution >= 4 is 40.9 Å². The van der Waals surface area contributed by atoms with Gasteiger partial charge in [-0.25, -0.2) is 9.78 Å². The van der Waals surface area contributed by atoms with Crippen LogP contribution in [0.15, 0.2) is 34.0 Å². The van der Waals surface area contributed by atoms with Crippen LogP contribution in [0.2, 0.25) is 0 Å². The number of nitrogens with zero attached hydrogens (tertiary/aromatic N) is 1. The first kappa shape index (κ1) is 19.9. The highest BCUT2D eigenvalue weighted by molar-refractivity contribution is 8.00. The number of rotatable bonds is 8. The molecular weight excluding hydrogens is 374 g/mol. The average molecular weight is 393 g/mol. The van der Waals surface area contributed by atoms with Gasteiger partial charge in [0.25, 0.3) is 5.91 Å². The van der Waals surface area contributed by atoms with Crippen LogP contribution in [0.3, 0.4) is 0 Å². The fraction of sp³-hybridized carbons (Fsp3) is 0.294. The molecule has 2 N–H and O–H groups in total. The van der Waals surface area contributed by atoms with Gasteiger partial charge in [0.15, 0.2) is 6.61 Å². The Morgan fingerprint density at radius 1 is 1.23 bits per heavy atom. The van der Waals surface area contributed by atoms with E-state index in [-0.39, 0.29) is 12.5 Å². The molecule has 0 aliphatic carbocycles. The van der Waals surface area contributed by atoms with Crippen LogP contribution in [-0.4, -0.2) is 43.0 Å². The van der Waals surface area contributed by atoms with Crippen molar-refractivity contribution in [1.29, 1.82) is 0 Å². The molecule has 9 heteroatoms. The number of amides is 2. The molecule has 0 fully saturated rings. The van der Waals surface area contributed by atoms with Crippen LogP contribution in [0.25, 0.3) is 0 Å². The van der Waals surface area contributed by atoms with E-state index in [1.807, 2.05) is 24.4 Å². The SMILES string of the molecule is CNC(=O)CNC(=O)COC(=O)c1ccccc1CSc1nc(C)cs1. The maximum Gasteiger partial charge on any atom is 0.338 e. The number of nitrogens with one attached hydrogen (secondary N) is 2. The highest BCUT2D eigenvalue weighted by Crippen LogP contribution is 2.27. The summed E-state index contributed by atoms with van der Waals surface area (Å²) in [6.45, 7) is 1.33. The summed E-state index contributed by atoms with van der Waals surface area (Å²) in [6.07, 6.45) is 0. The van der Waals surface area contributed by atoms with Crippen molar-refractivity contribution in [2.45, 2.75) is 17.0 Å². The third kappa shape index (κ3) is 6.16. The van der Waals surface area contributed by atoms with Gasteiger partial charge < -0.3 is 15.4 Å². The molecule has 0 aliphatic rings. The molecule has 0 saturated heterocycles. The van der Waals surface area contributed by atoms with Crippen LogP contribution in [-0.2, 0) is 20.1 Å². The Balaban J connectivity index is 1.90. The zero-order chi connectivity index (χ0) is 18.9. The van der Waals surface area contributed by atoms with Gasteiger partial charge in [0.1, 0.15) is 4.34 Å². The van der Waals surface area contributed by atoms with Gasteiger partial charge in [-0.2, -0.15) is 0 Å². The van der Waals surface area contributed by atoms with Crippen molar-refractivity contribution in [3.63, 3.8) is 0 Å².